The number of halogens is 1. The molecule has 5 nitrogen and oxygen atoms in total. The molecule has 1 aromatic carbocycles. The van der Waals surface area contributed by atoms with Gasteiger partial charge in [-0.1, -0.05) is 11.6 Å². The SMILES string of the molecule is CSc1ccc(Nc2cc(Cl)nc3ncnn23)cc1. The Kier molecular flexibility index (Phi) is 3.27. The van der Waals surface area contributed by atoms with Gasteiger partial charge in [-0.05, 0) is 30.5 Å². The van der Waals surface area contributed by atoms with E-state index in [2.05, 4.69) is 20.4 Å². The number of nitrogens with one attached hydrogen (secondary N) is 1. The molecule has 2 heterocycles. The van der Waals surface area contributed by atoms with Crippen molar-refractivity contribution in [3.05, 3.63) is 41.8 Å². The molecule has 0 aliphatic rings. The molecule has 0 radical (unpaired) electrons. The molecular formula is C12H10ClN5S. The van der Waals surface area contributed by atoms with Gasteiger partial charge in [-0.25, -0.2) is 0 Å². The Hall–Kier alpha value is -1.79. The standard InChI is InChI=1S/C12H10ClN5S/c1-19-9-4-2-8(3-5-9)16-11-6-10(13)17-12-14-7-15-18(11)12/h2-7,16H,1H3. The summed E-state index contributed by atoms with van der Waals surface area (Å²) in [5, 5.41) is 7.74. The average molecular weight is 292 g/mol. The van der Waals surface area contributed by atoms with Gasteiger partial charge in [0.15, 0.2) is 0 Å². The van der Waals surface area contributed by atoms with Crippen molar-refractivity contribution in [3.8, 4) is 0 Å². The Morgan fingerprint density at radius 3 is 2.79 bits per heavy atom. The monoisotopic (exact) mass is 291 g/mol. The fourth-order valence-corrected chi connectivity index (χ4v) is 2.28. The molecule has 0 aliphatic heterocycles. The Morgan fingerprint density at radius 1 is 1.26 bits per heavy atom. The lowest BCUT2D eigenvalue weighted by Crippen LogP contribution is -2.01. The van der Waals surface area contributed by atoms with Crippen LogP contribution < -0.4 is 5.32 Å². The fraction of sp³-hybridized carbons (Fsp3) is 0.0833. The number of thioether (sulfide) groups is 1. The average Bonchev–Trinajstić information content (AvgIpc) is 2.88. The highest BCUT2D eigenvalue weighted by molar-refractivity contribution is 7.98. The second-order valence-corrected chi connectivity index (χ2v) is 5.06. The van der Waals surface area contributed by atoms with Crippen molar-refractivity contribution in [2.75, 3.05) is 11.6 Å². The third-order valence-corrected chi connectivity index (χ3v) is 3.52. The molecule has 19 heavy (non-hydrogen) atoms. The summed E-state index contributed by atoms with van der Waals surface area (Å²) in [6, 6.07) is 9.82. The van der Waals surface area contributed by atoms with Gasteiger partial charge >= 0.3 is 0 Å². The lowest BCUT2D eigenvalue weighted by atomic mass is 10.3. The van der Waals surface area contributed by atoms with E-state index in [9.17, 15) is 0 Å². The lowest BCUT2D eigenvalue weighted by Gasteiger charge is -2.08. The molecule has 0 atom stereocenters. The number of anilines is 2. The zero-order chi connectivity index (χ0) is 13.2. The number of hydrogen-bond donors (Lipinski definition) is 1. The topological polar surface area (TPSA) is 55.1 Å². The molecule has 96 valence electrons. The number of hydrogen-bond acceptors (Lipinski definition) is 5. The minimum Gasteiger partial charge on any atom is -0.340 e. The molecule has 0 amide bonds. The van der Waals surface area contributed by atoms with Gasteiger partial charge in [-0.2, -0.15) is 19.6 Å². The highest BCUT2D eigenvalue weighted by Gasteiger charge is 2.06. The quantitative estimate of drug-likeness (QED) is 0.593. The highest BCUT2D eigenvalue weighted by atomic mass is 35.5. The van der Waals surface area contributed by atoms with Crippen LogP contribution >= 0.6 is 23.4 Å². The lowest BCUT2D eigenvalue weighted by molar-refractivity contribution is 0.947. The maximum atomic E-state index is 5.96. The van der Waals surface area contributed by atoms with Crippen LogP contribution in [0.3, 0.4) is 0 Å². The van der Waals surface area contributed by atoms with Crippen molar-refractivity contribution < 1.29 is 0 Å². The van der Waals surface area contributed by atoms with E-state index in [4.69, 9.17) is 11.6 Å². The smallest absolute Gasteiger partial charge is 0.255 e. The number of aromatic nitrogens is 4. The Balaban J connectivity index is 1.97. The number of benzene rings is 1. The normalized spacial score (nSPS) is 10.8. The predicted octanol–water partition coefficient (Wildman–Crippen LogP) is 3.24. The van der Waals surface area contributed by atoms with Crippen molar-refractivity contribution >= 4 is 40.6 Å². The molecule has 0 bridgehead atoms. The molecule has 2 aromatic heterocycles. The molecule has 0 aliphatic carbocycles. The highest BCUT2D eigenvalue weighted by Crippen LogP contribution is 2.22. The maximum Gasteiger partial charge on any atom is 0.255 e. The summed E-state index contributed by atoms with van der Waals surface area (Å²) in [7, 11) is 0. The van der Waals surface area contributed by atoms with Crippen LogP contribution in [-0.2, 0) is 0 Å². The molecule has 0 unspecified atom stereocenters. The molecule has 0 saturated carbocycles. The van der Waals surface area contributed by atoms with Crippen molar-refractivity contribution in [1.29, 1.82) is 0 Å². The van der Waals surface area contributed by atoms with Crippen LogP contribution in [0.2, 0.25) is 5.15 Å². The van der Waals surface area contributed by atoms with Gasteiger partial charge in [0.25, 0.3) is 5.78 Å². The maximum absolute atomic E-state index is 5.96. The number of fused-ring (bicyclic) bond motifs is 1. The summed E-state index contributed by atoms with van der Waals surface area (Å²) in [4.78, 5) is 9.31. The molecule has 3 aromatic rings. The van der Waals surface area contributed by atoms with Crippen molar-refractivity contribution in [2.45, 2.75) is 4.90 Å². The minimum atomic E-state index is 0.378. The zero-order valence-corrected chi connectivity index (χ0v) is 11.6. The van der Waals surface area contributed by atoms with Gasteiger partial charge in [0, 0.05) is 16.6 Å². The van der Waals surface area contributed by atoms with Crippen LogP contribution in [0.25, 0.3) is 5.78 Å². The summed E-state index contributed by atoms with van der Waals surface area (Å²) >= 11 is 7.66. The largest absolute Gasteiger partial charge is 0.340 e. The first-order chi connectivity index (χ1) is 9.26. The molecule has 0 fully saturated rings. The fourth-order valence-electron chi connectivity index (χ4n) is 1.69. The van der Waals surface area contributed by atoms with E-state index < -0.39 is 0 Å². The molecule has 0 spiro atoms. The van der Waals surface area contributed by atoms with Crippen molar-refractivity contribution in [3.63, 3.8) is 0 Å². The van der Waals surface area contributed by atoms with E-state index in [0.29, 0.717) is 10.9 Å². The first-order valence-corrected chi connectivity index (χ1v) is 7.14. The Morgan fingerprint density at radius 2 is 2.05 bits per heavy atom. The Bertz CT molecular complexity index is 710. The molecule has 1 N–H and O–H groups in total. The van der Waals surface area contributed by atoms with Crippen molar-refractivity contribution in [1.82, 2.24) is 19.6 Å². The summed E-state index contributed by atoms with van der Waals surface area (Å²) < 4.78 is 1.61. The van der Waals surface area contributed by atoms with E-state index in [1.54, 1.807) is 22.3 Å². The zero-order valence-electron chi connectivity index (χ0n) is 10.0. The van der Waals surface area contributed by atoms with Gasteiger partial charge in [-0.3, -0.25) is 0 Å². The van der Waals surface area contributed by atoms with Crippen molar-refractivity contribution in [2.24, 2.45) is 0 Å². The summed E-state index contributed by atoms with van der Waals surface area (Å²) in [6.07, 6.45) is 3.49. The predicted molar refractivity (Wildman–Crippen MR) is 77.3 cm³/mol. The van der Waals surface area contributed by atoms with E-state index >= 15 is 0 Å². The van der Waals surface area contributed by atoms with Gasteiger partial charge in [0.2, 0.25) is 0 Å². The summed E-state index contributed by atoms with van der Waals surface area (Å²) in [5.74, 6) is 1.19. The van der Waals surface area contributed by atoms with E-state index in [1.165, 1.54) is 11.2 Å². The van der Waals surface area contributed by atoms with Crippen LogP contribution in [0, 0.1) is 0 Å². The second-order valence-electron chi connectivity index (χ2n) is 3.79. The summed E-state index contributed by atoms with van der Waals surface area (Å²) in [6.45, 7) is 0. The van der Waals surface area contributed by atoms with Crippen LogP contribution in [-0.4, -0.2) is 25.8 Å². The molecule has 0 saturated heterocycles. The minimum absolute atomic E-state index is 0.378. The van der Waals surface area contributed by atoms with Crippen LogP contribution in [0.1, 0.15) is 0 Å². The van der Waals surface area contributed by atoms with Gasteiger partial charge in [0.05, 0.1) is 0 Å². The van der Waals surface area contributed by atoms with Gasteiger partial charge in [0.1, 0.15) is 17.3 Å². The third-order valence-electron chi connectivity index (χ3n) is 2.58. The third kappa shape index (κ3) is 2.50. The van der Waals surface area contributed by atoms with Gasteiger partial charge in [-0.15, -0.1) is 11.8 Å². The number of nitrogens with zero attached hydrogens (tertiary/aromatic N) is 4. The molecular weight excluding hydrogens is 282 g/mol. The van der Waals surface area contributed by atoms with E-state index in [0.717, 1.165) is 11.5 Å². The molecule has 3 rings (SSSR count). The first kappa shape index (κ1) is 12.3. The van der Waals surface area contributed by atoms with E-state index in [-0.39, 0.29) is 0 Å². The van der Waals surface area contributed by atoms with Crippen LogP contribution in [0.4, 0.5) is 11.5 Å². The van der Waals surface area contributed by atoms with E-state index in [1.807, 2.05) is 30.5 Å². The first-order valence-electron chi connectivity index (χ1n) is 5.53. The van der Waals surface area contributed by atoms with Crippen LogP contribution in [0.5, 0.6) is 0 Å². The molecule has 7 heteroatoms. The van der Waals surface area contributed by atoms with Crippen LogP contribution in [0.15, 0.2) is 41.6 Å². The number of rotatable bonds is 3. The Labute approximate surface area is 119 Å². The van der Waals surface area contributed by atoms with Gasteiger partial charge < -0.3 is 5.32 Å². The summed E-state index contributed by atoms with van der Waals surface area (Å²) in [5.41, 5.74) is 0.955. The second kappa shape index (κ2) is 5.07.